The SMILES string of the molecule is COc1ccc(CCNC(=O)c2ccccc2-c2ncc(-c3cccc(OC)c3)o2)cc1. The first-order valence-corrected chi connectivity index (χ1v) is 10.3. The number of oxazole rings is 1. The Hall–Kier alpha value is -4.06. The number of methoxy groups -OCH3 is 2. The van der Waals surface area contributed by atoms with Crippen LogP contribution >= 0.6 is 0 Å². The molecule has 1 N–H and O–H groups in total. The highest BCUT2D eigenvalue weighted by Gasteiger charge is 2.17. The number of hydrogen-bond donors (Lipinski definition) is 1. The van der Waals surface area contributed by atoms with Gasteiger partial charge in [-0.15, -0.1) is 0 Å². The molecule has 1 heterocycles. The van der Waals surface area contributed by atoms with Crippen molar-refractivity contribution in [2.24, 2.45) is 0 Å². The first kappa shape index (κ1) is 21.2. The van der Waals surface area contributed by atoms with Crippen molar-refractivity contribution in [1.29, 1.82) is 0 Å². The number of rotatable bonds is 8. The van der Waals surface area contributed by atoms with E-state index in [0.29, 0.717) is 29.3 Å². The number of carbonyl (C=O) groups excluding carboxylic acids is 1. The Bertz CT molecular complexity index is 1200. The second kappa shape index (κ2) is 9.83. The molecule has 0 aliphatic carbocycles. The molecule has 162 valence electrons. The van der Waals surface area contributed by atoms with Gasteiger partial charge in [-0.1, -0.05) is 36.4 Å². The molecule has 4 rings (SSSR count). The minimum atomic E-state index is -0.171. The fourth-order valence-corrected chi connectivity index (χ4v) is 3.38. The zero-order valence-electron chi connectivity index (χ0n) is 18.0. The van der Waals surface area contributed by atoms with Gasteiger partial charge in [0.25, 0.3) is 5.91 Å². The lowest BCUT2D eigenvalue weighted by Gasteiger charge is -2.09. The van der Waals surface area contributed by atoms with Gasteiger partial charge in [-0.2, -0.15) is 0 Å². The summed E-state index contributed by atoms with van der Waals surface area (Å²) in [6.45, 7) is 0.514. The molecule has 1 aromatic heterocycles. The highest BCUT2D eigenvalue weighted by atomic mass is 16.5. The van der Waals surface area contributed by atoms with Gasteiger partial charge in [-0.3, -0.25) is 4.79 Å². The quantitative estimate of drug-likeness (QED) is 0.428. The lowest BCUT2D eigenvalue weighted by Crippen LogP contribution is -2.26. The Morgan fingerprint density at radius 1 is 0.938 bits per heavy atom. The van der Waals surface area contributed by atoms with Crippen LogP contribution in [0.1, 0.15) is 15.9 Å². The molecule has 0 saturated heterocycles. The number of ether oxygens (including phenoxy) is 2. The van der Waals surface area contributed by atoms with Crippen LogP contribution in [0.3, 0.4) is 0 Å². The van der Waals surface area contributed by atoms with E-state index in [1.165, 1.54) is 0 Å². The predicted octanol–water partition coefficient (Wildman–Crippen LogP) is 5.00. The average Bonchev–Trinajstić information content (AvgIpc) is 3.35. The van der Waals surface area contributed by atoms with Gasteiger partial charge in [0.05, 0.1) is 26.0 Å². The molecule has 0 aliphatic heterocycles. The summed E-state index contributed by atoms with van der Waals surface area (Å²) in [6.07, 6.45) is 2.37. The van der Waals surface area contributed by atoms with E-state index in [1.807, 2.05) is 66.7 Å². The largest absolute Gasteiger partial charge is 0.497 e. The van der Waals surface area contributed by atoms with Crippen molar-refractivity contribution >= 4 is 5.91 Å². The molecule has 0 aliphatic rings. The van der Waals surface area contributed by atoms with E-state index in [2.05, 4.69) is 10.3 Å². The summed E-state index contributed by atoms with van der Waals surface area (Å²) < 4.78 is 16.4. The summed E-state index contributed by atoms with van der Waals surface area (Å²) in [5.41, 5.74) is 3.13. The van der Waals surface area contributed by atoms with Crippen molar-refractivity contribution in [3.05, 3.63) is 90.1 Å². The molecule has 32 heavy (non-hydrogen) atoms. The number of aromatic nitrogens is 1. The van der Waals surface area contributed by atoms with Crippen molar-refractivity contribution in [2.75, 3.05) is 20.8 Å². The zero-order chi connectivity index (χ0) is 22.3. The third kappa shape index (κ3) is 4.81. The fourth-order valence-electron chi connectivity index (χ4n) is 3.38. The topological polar surface area (TPSA) is 73.6 Å². The number of hydrogen-bond acceptors (Lipinski definition) is 5. The number of amides is 1. The molecule has 4 aromatic rings. The van der Waals surface area contributed by atoms with Crippen LogP contribution < -0.4 is 14.8 Å². The van der Waals surface area contributed by atoms with Crippen molar-refractivity contribution in [3.8, 4) is 34.3 Å². The van der Waals surface area contributed by atoms with Crippen LogP contribution in [0.5, 0.6) is 11.5 Å². The summed E-state index contributed by atoms with van der Waals surface area (Å²) in [7, 11) is 3.26. The molecule has 6 nitrogen and oxygen atoms in total. The maximum Gasteiger partial charge on any atom is 0.252 e. The normalized spacial score (nSPS) is 10.6. The molecular formula is C26H24N2O4. The van der Waals surface area contributed by atoms with E-state index < -0.39 is 0 Å². The van der Waals surface area contributed by atoms with Gasteiger partial charge in [-0.05, 0) is 48.4 Å². The third-order valence-electron chi connectivity index (χ3n) is 5.12. The van der Waals surface area contributed by atoms with E-state index in [-0.39, 0.29) is 5.91 Å². The fraction of sp³-hybridized carbons (Fsp3) is 0.154. The molecule has 6 heteroatoms. The average molecular weight is 428 g/mol. The van der Waals surface area contributed by atoms with E-state index in [0.717, 1.165) is 29.0 Å². The van der Waals surface area contributed by atoms with Crippen LogP contribution in [-0.4, -0.2) is 31.7 Å². The van der Waals surface area contributed by atoms with Gasteiger partial charge in [0.1, 0.15) is 11.5 Å². The van der Waals surface area contributed by atoms with Crippen LogP contribution in [0.15, 0.2) is 83.4 Å². The molecule has 0 atom stereocenters. The zero-order valence-corrected chi connectivity index (χ0v) is 18.0. The second-order valence-corrected chi connectivity index (χ2v) is 7.16. The molecule has 0 bridgehead atoms. The molecule has 0 spiro atoms. The Morgan fingerprint density at radius 3 is 2.50 bits per heavy atom. The summed E-state index contributed by atoms with van der Waals surface area (Å²) >= 11 is 0. The Balaban J connectivity index is 1.47. The predicted molar refractivity (Wildman–Crippen MR) is 123 cm³/mol. The van der Waals surface area contributed by atoms with Crippen molar-refractivity contribution in [3.63, 3.8) is 0 Å². The Morgan fingerprint density at radius 2 is 1.72 bits per heavy atom. The van der Waals surface area contributed by atoms with Crippen molar-refractivity contribution < 1.29 is 18.7 Å². The highest BCUT2D eigenvalue weighted by Crippen LogP contribution is 2.29. The Kier molecular flexibility index (Phi) is 6.51. The standard InChI is InChI=1S/C26H24N2O4/c1-30-20-12-10-18(11-13-20)14-15-27-25(29)22-8-3-4-9-23(22)26-28-17-24(32-26)19-6-5-7-21(16-19)31-2/h3-13,16-17H,14-15H2,1-2H3,(H,27,29). The third-order valence-corrected chi connectivity index (χ3v) is 5.12. The van der Waals surface area contributed by atoms with Gasteiger partial charge in [0, 0.05) is 17.7 Å². The lowest BCUT2D eigenvalue weighted by molar-refractivity contribution is 0.0954. The minimum absolute atomic E-state index is 0.171. The summed E-state index contributed by atoms with van der Waals surface area (Å²) in [6, 6.07) is 22.7. The lowest BCUT2D eigenvalue weighted by atomic mass is 10.1. The minimum Gasteiger partial charge on any atom is -0.497 e. The van der Waals surface area contributed by atoms with Crippen LogP contribution in [0.2, 0.25) is 0 Å². The summed E-state index contributed by atoms with van der Waals surface area (Å²) in [5.74, 6) is 2.37. The van der Waals surface area contributed by atoms with Crippen LogP contribution in [0.25, 0.3) is 22.8 Å². The van der Waals surface area contributed by atoms with Crippen LogP contribution in [0, 0.1) is 0 Å². The smallest absolute Gasteiger partial charge is 0.252 e. The maximum atomic E-state index is 12.9. The van der Waals surface area contributed by atoms with Crippen molar-refractivity contribution in [2.45, 2.75) is 6.42 Å². The monoisotopic (exact) mass is 428 g/mol. The second-order valence-electron chi connectivity index (χ2n) is 7.16. The number of benzene rings is 3. The highest BCUT2D eigenvalue weighted by molar-refractivity contribution is 6.00. The number of nitrogens with one attached hydrogen (secondary N) is 1. The molecule has 3 aromatic carbocycles. The summed E-state index contributed by atoms with van der Waals surface area (Å²) in [4.78, 5) is 17.3. The number of carbonyl (C=O) groups is 1. The first-order valence-electron chi connectivity index (χ1n) is 10.3. The molecule has 0 fully saturated rings. The number of nitrogens with zero attached hydrogens (tertiary/aromatic N) is 1. The molecule has 0 unspecified atom stereocenters. The van der Waals surface area contributed by atoms with Crippen molar-refractivity contribution in [1.82, 2.24) is 10.3 Å². The van der Waals surface area contributed by atoms with E-state index in [1.54, 1.807) is 26.5 Å². The maximum absolute atomic E-state index is 12.9. The molecular weight excluding hydrogens is 404 g/mol. The first-order chi connectivity index (χ1) is 15.7. The van der Waals surface area contributed by atoms with Gasteiger partial charge in [0.15, 0.2) is 5.76 Å². The molecule has 0 radical (unpaired) electrons. The van der Waals surface area contributed by atoms with Gasteiger partial charge >= 0.3 is 0 Å². The summed E-state index contributed by atoms with van der Waals surface area (Å²) in [5, 5.41) is 2.98. The van der Waals surface area contributed by atoms with E-state index >= 15 is 0 Å². The van der Waals surface area contributed by atoms with Crippen LogP contribution in [-0.2, 0) is 6.42 Å². The van der Waals surface area contributed by atoms with Crippen LogP contribution in [0.4, 0.5) is 0 Å². The van der Waals surface area contributed by atoms with E-state index in [4.69, 9.17) is 13.9 Å². The molecule has 0 saturated carbocycles. The van der Waals surface area contributed by atoms with Gasteiger partial charge < -0.3 is 19.2 Å². The molecule has 1 amide bonds. The Labute approximate surface area is 186 Å². The van der Waals surface area contributed by atoms with Gasteiger partial charge in [-0.25, -0.2) is 4.98 Å². The van der Waals surface area contributed by atoms with Gasteiger partial charge in [0.2, 0.25) is 5.89 Å². The van der Waals surface area contributed by atoms with E-state index in [9.17, 15) is 4.79 Å².